The van der Waals surface area contributed by atoms with Gasteiger partial charge in [0.25, 0.3) is 0 Å². The van der Waals surface area contributed by atoms with Crippen LogP contribution in [0.5, 0.6) is 0 Å². The summed E-state index contributed by atoms with van der Waals surface area (Å²) in [5.41, 5.74) is -0.0503. The van der Waals surface area contributed by atoms with Gasteiger partial charge >= 0.3 is 6.18 Å². The molecule has 0 aliphatic carbocycles. The Morgan fingerprint density at radius 1 is 1.21 bits per heavy atom. The molecule has 2 fully saturated rings. The number of nitrogens with zero attached hydrogens (tertiary/aromatic N) is 4. The molecule has 0 amide bonds. The predicted molar refractivity (Wildman–Crippen MR) is 86.3 cm³/mol. The van der Waals surface area contributed by atoms with E-state index < -0.39 is 11.2 Å². The van der Waals surface area contributed by atoms with E-state index in [9.17, 15) is 13.2 Å². The molecule has 0 radical (unpaired) electrons. The molecule has 136 valence electrons. The molecule has 0 unspecified atom stereocenters. The number of piperazine rings is 1. The Morgan fingerprint density at radius 2 is 1.92 bits per heavy atom. The molecule has 0 aromatic carbocycles. The topological polar surface area (TPSA) is 41.5 Å². The highest BCUT2D eigenvalue weighted by molar-refractivity contribution is 7.15. The van der Waals surface area contributed by atoms with Crippen molar-refractivity contribution in [2.75, 3.05) is 44.2 Å². The average molecular weight is 364 g/mol. The van der Waals surface area contributed by atoms with Crippen LogP contribution in [0.2, 0.25) is 0 Å². The van der Waals surface area contributed by atoms with Crippen molar-refractivity contribution in [3.8, 4) is 0 Å². The lowest BCUT2D eigenvalue weighted by atomic mass is 9.88. The monoisotopic (exact) mass is 364 g/mol. The molecule has 2 saturated heterocycles. The summed E-state index contributed by atoms with van der Waals surface area (Å²) in [6, 6.07) is 0. The first-order chi connectivity index (χ1) is 11.2. The third-order valence-corrected chi connectivity index (χ3v) is 5.64. The lowest BCUT2D eigenvalue weighted by Gasteiger charge is -2.40. The molecule has 3 heterocycles. The fraction of sp³-hybridized carbons (Fsp3) is 0.867. The number of alkyl halides is 3. The van der Waals surface area contributed by atoms with E-state index in [4.69, 9.17) is 4.74 Å². The van der Waals surface area contributed by atoms with Crippen LogP contribution in [-0.4, -0.2) is 60.0 Å². The van der Waals surface area contributed by atoms with Crippen LogP contribution < -0.4 is 4.90 Å². The maximum Gasteiger partial charge on any atom is 0.445 e. The van der Waals surface area contributed by atoms with Crippen LogP contribution in [0.25, 0.3) is 0 Å². The van der Waals surface area contributed by atoms with Crippen LogP contribution in [0.4, 0.5) is 18.3 Å². The zero-order chi connectivity index (χ0) is 17.4. The molecular weight excluding hydrogens is 341 g/mol. The van der Waals surface area contributed by atoms with Gasteiger partial charge in [-0.2, -0.15) is 13.2 Å². The second-order valence-corrected chi connectivity index (χ2v) is 8.10. The van der Waals surface area contributed by atoms with Gasteiger partial charge in [-0.05, 0) is 32.6 Å². The van der Waals surface area contributed by atoms with Gasteiger partial charge in [-0.1, -0.05) is 11.3 Å². The first-order valence-electron chi connectivity index (χ1n) is 8.25. The summed E-state index contributed by atoms with van der Waals surface area (Å²) in [7, 11) is 0. The van der Waals surface area contributed by atoms with Crippen LogP contribution in [-0.2, 0) is 10.9 Å². The molecule has 2 aliphatic heterocycles. The molecule has 3 rings (SSSR count). The van der Waals surface area contributed by atoms with Crippen LogP contribution in [0.15, 0.2) is 0 Å². The van der Waals surface area contributed by atoms with Crippen molar-refractivity contribution < 1.29 is 17.9 Å². The Labute approximate surface area is 143 Å². The number of ether oxygens (including phenoxy) is 1. The number of rotatable bonds is 3. The van der Waals surface area contributed by atoms with E-state index in [1.54, 1.807) is 0 Å². The van der Waals surface area contributed by atoms with Crippen LogP contribution in [0.1, 0.15) is 31.7 Å². The molecule has 5 nitrogen and oxygen atoms in total. The molecule has 0 bridgehead atoms. The Balaban J connectivity index is 1.50. The van der Waals surface area contributed by atoms with E-state index in [-0.39, 0.29) is 5.60 Å². The SMILES string of the molecule is CC1(C)C[C@H](CN2CCN(c3nnc(C(F)(F)F)s3)CC2)CCO1. The molecule has 0 saturated carbocycles. The minimum absolute atomic E-state index is 0.0503. The fourth-order valence-electron chi connectivity index (χ4n) is 3.46. The van der Waals surface area contributed by atoms with Gasteiger partial charge in [0.2, 0.25) is 10.1 Å². The van der Waals surface area contributed by atoms with Crippen molar-refractivity contribution in [3.05, 3.63) is 5.01 Å². The molecule has 2 aliphatic rings. The maximum atomic E-state index is 12.6. The largest absolute Gasteiger partial charge is 0.445 e. The molecule has 1 aromatic heterocycles. The maximum absolute atomic E-state index is 12.6. The Hall–Kier alpha value is -0.930. The standard InChI is InChI=1S/C15H23F3N4OS/c1-14(2)9-11(3-8-23-14)10-21-4-6-22(7-5-21)13-20-19-12(24-13)15(16,17)18/h11H,3-10H2,1-2H3/t11-/m1/s1. The highest BCUT2D eigenvalue weighted by atomic mass is 32.1. The van der Waals surface area contributed by atoms with Gasteiger partial charge in [0, 0.05) is 39.3 Å². The summed E-state index contributed by atoms with van der Waals surface area (Å²) in [6.07, 6.45) is -2.28. The van der Waals surface area contributed by atoms with Gasteiger partial charge in [0.15, 0.2) is 0 Å². The van der Waals surface area contributed by atoms with Gasteiger partial charge in [-0.15, -0.1) is 10.2 Å². The van der Waals surface area contributed by atoms with Crippen LogP contribution in [0, 0.1) is 5.92 Å². The van der Waals surface area contributed by atoms with Crippen molar-refractivity contribution >= 4 is 16.5 Å². The van der Waals surface area contributed by atoms with Crippen molar-refractivity contribution in [1.29, 1.82) is 0 Å². The van der Waals surface area contributed by atoms with E-state index in [1.165, 1.54) is 0 Å². The molecule has 9 heteroatoms. The molecule has 1 atom stereocenters. The summed E-state index contributed by atoms with van der Waals surface area (Å²) in [4.78, 5) is 4.30. The van der Waals surface area contributed by atoms with Crippen LogP contribution >= 0.6 is 11.3 Å². The zero-order valence-corrected chi connectivity index (χ0v) is 14.8. The van der Waals surface area contributed by atoms with Gasteiger partial charge in [-0.3, -0.25) is 4.90 Å². The van der Waals surface area contributed by atoms with E-state index in [0.29, 0.717) is 35.5 Å². The van der Waals surface area contributed by atoms with Gasteiger partial charge < -0.3 is 9.64 Å². The third kappa shape index (κ3) is 4.37. The number of aromatic nitrogens is 2. The zero-order valence-electron chi connectivity index (χ0n) is 14.0. The third-order valence-electron chi connectivity index (χ3n) is 4.62. The number of hydrogen-bond donors (Lipinski definition) is 0. The lowest BCUT2D eigenvalue weighted by molar-refractivity contribution is -0.138. The van der Waals surface area contributed by atoms with E-state index in [0.717, 1.165) is 39.1 Å². The second kappa shape index (κ2) is 6.76. The normalized spacial score (nSPS) is 25.9. The lowest BCUT2D eigenvalue weighted by Crippen LogP contribution is -2.49. The number of hydrogen-bond acceptors (Lipinski definition) is 6. The highest BCUT2D eigenvalue weighted by Gasteiger charge is 2.36. The van der Waals surface area contributed by atoms with Gasteiger partial charge in [0.1, 0.15) is 0 Å². The molecule has 0 spiro atoms. The molecule has 0 N–H and O–H groups in total. The van der Waals surface area contributed by atoms with Gasteiger partial charge in [-0.25, -0.2) is 0 Å². The Bertz CT molecular complexity index is 555. The van der Waals surface area contributed by atoms with Crippen molar-refractivity contribution in [1.82, 2.24) is 15.1 Å². The molecule has 1 aromatic rings. The summed E-state index contributed by atoms with van der Waals surface area (Å²) in [5.74, 6) is 0.624. The summed E-state index contributed by atoms with van der Waals surface area (Å²) in [5, 5.41) is 6.47. The van der Waals surface area contributed by atoms with Crippen molar-refractivity contribution in [2.24, 2.45) is 5.92 Å². The van der Waals surface area contributed by atoms with E-state index in [1.807, 2.05) is 4.90 Å². The van der Waals surface area contributed by atoms with Crippen LogP contribution in [0.3, 0.4) is 0 Å². The van der Waals surface area contributed by atoms with Gasteiger partial charge in [0.05, 0.1) is 5.60 Å². The predicted octanol–water partition coefficient (Wildman–Crippen LogP) is 2.88. The Morgan fingerprint density at radius 3 is 2.50 bits per heavy atom. The second-order valence-electron chi connectivity index (χ2n) is 7.14. The summed E-state index contributed by atoms with van der Waals surface area (Å²) in [6.45, 7) is 9.18. The van der Waals surface area contributed by atoms with E-state index in [2.05, 4.69) is 28.9 Å². The number of anilines is 1. The van der Waals surface area contributed by atoms with Crippen molar-refractivity contribution in [2.45, 2.75) is 38.5 Å². The summed E-state index contributed by atoms with van der Waals surface area (Å²) >= 11 is 0.627. The fourth-order valence-corrected chi connectivity index (χ4v) is 4.22. The molecular formula is C15H23F3N4OS. The number of halogens is 3. The van der Waals surface area contributed by atoms with Crippen molar-refractivity contribution in [3.63, 3.8) is 0 Å². The summed E-state index contributed by atoms with van der Waals surface area (Å²) < 4.78 is 43.6. The van der Waals surface area contributed by atoms with E-state index >= 15 is 0 Å². The minimum Gasteiger partial charge on any atom is -0.376 e. The first-order valence-corrected chi connectivity index (χ1v) is 9.06. The highest BCUT2D eigenvalue weighted by Crippen LogP contribution is 2.35. The quantitative estimate of drug-likeness (QED) is 0.825. The smallest absolute Gasteiger partial charge is 0.376 e. The Kier molecular flexibility index (Phi) is 5.04. The first kappa shape index (κ1) is 17.9. The molecule has 24 heavy (non-hydrogen) atoms. The minimum atomic E-state index is -4.41. The average Bonchev–Trinajstić information content (AvgIpc) is 2.97.